The molecule has 0 radical (unpaired) electrons. The molecule has 0 saturated heterocycles. The van der Waals surface area contributed by atoms with Gasteiger partial charge in [-0.25, -0.2) is 4.98 Å². The van der Waals surface area contributed by atoms with Crippen molar-refractivity contribution in [1.29, 1.82) is 0 Å². The Kier molecular flexibility index (Phi) is 7.84. The number of nitrogens with zero attached hydrogens (tertiary/aromatic N) is 2. The summed E-state index contributed by atoms with van der Waals surface area (Å²) in [5, 5.41) is 5.42. The molecule has 2 heterocycles. The molecule has 0 aliphatic heterocycles. The van der Waals surface area contributed by atoms with Crippen molar-refractivity contribution in [2.75, 3.05) is 32.4 Å². The zero-order valence-corrected chi connectivity index (χ0v) is 21.6. The molecule has 182 valence electrons. The van der Waals surface area contributed by atoms with E-state index in [1.807, 2.05) is 29.6 Å². The molecule has 2 aromatic heterocycles. The van der Waals surface area contributed by atoms with E-state index < -0.39 is 0 Å². The van der Waals surface area contributed by atoms with E-state index in [1.165, 1.54) is 37.3 Å². The number of benzene rings is 2. The third-order valence-corrected chi connectivity index (χ3v) is 7.27. The second-order valence-corrected chi connectivity index (χ2v) is 9.56. The fourth-order valence-electron chi connectivity index (χ4n) is 3.36. The summed E-state index contributed by atoms with van der Waals surface area (Å²) < 4.78 is 17.9. The number of hydrogen-bond acceptors (Lipinski definition) is 8. The second kappa shape index (κ2) is 11.0. The lowest BCUT2D eigenvalue weighted by atomic mass is 10.2. The first-order valence-corrected chi connectivity index (χ1v) is 12.6. The highest BCUT2D eigenvalue weighted by Crippen LogP contribution is 2.36. The SMILES string of the molecule is COc1ccc(Cn2c(SCC(=O)Nc3cc(Cl)c(OC)cc3OC)nc3ccsc3c2=O)cc1. The van der Waals surface area contributed by atoms with Crippen molar-refractivity contribution >= 4 is 56.5 Å². The number of halogens is 1. The highest BCUT2D eigenvalue weighted by molar-refractivity contribution is 7.99. The van der Waals surface area contributed by atoms with E-state index in [1.54, 1.807) is 29.9 Å². The maximum absolute atomic E-state index is 13.2. The third-order valence-electron chi connectivity index (χ3n) is 5.11. The van der Waals surface area contributed by atoms with Crippen LogP contribution in [0.4, 0.5) is 5.69 Å². The number of rotatable bonds is 9. The van der Waals surface area contributed by atoms with Crippen LogP contribution < -0.4 is 25.1 Å². The number of ether oxygens (including phenoxy) is 3. The molecule has 8 nitrogen and oxygen atoms in total. The van der Waals surface area contributed by atoms with Crippen LogP contribution in [0.25, 0.3) is 10.2 Å². The monoisotopic (exact) mass is 531 g/mol. The Labute approximate surface area is 214 Å². The molecule has 1 N–H and O–H groups in total. The van der Waals surface area contributed by atoms with Crippen LogP contribution in [-0.2, 0) is 11.3 Å². The summed E-state index contributed by atoms with van der Waals surface area (Å²) >= 11 is 8.73. The number of nitrogens with one attached hydrogen (secondary N) is 1. The van der Waals surface area contributed by atoms with Gasteiger partial charge in [-0.1, -0.05) is 35.5 Å². The average molecular weight is 532 g/mol. The fourth-order valence-corrected chi connectivity index (χ4v) is 5.18. The van der Waals surface area contributed by atoms with E-state index in [0.717, 1.165) is 11.3 Å². The maximum atomic E-state index is 13.2. The van der Waals surface area contributed by atoms with Crippen molar-refractivity contribution in [3.05, 3.63) is 68.8 Å². The topological polar surface area (TPSA) is 91.7 Å². The molecule has 0 fully saturated rings. The Balaban J connectivity index is 1.57. The Hall–Kier alpha value is -3.21. The molecule has 4 aromatic rings. The fraction of sp³-hybridized carbons (Fsp3) is 0.208. The summed E-state index contributed by atoms with van der Waals surface area (Å²) in [5.41, 5.74) is 1.79. The van der Waals surface area contributed by atoms with Gasteiger partial charge in [0.2, 0.25) is 5.91 Å². The van der Waals surface area contributed by atoms with Crippen LogP contribution in [0.2, 0.25) is 5.02 Å². The number of carbonyl (C=O) groups excluding carboxylic acids is 1. The standard InChI is InChI=1S/C24H22ClN3O5S2/c1-31-15-6-4-14(5-7-15)12-28-23(30)22-17(8-9-34-22)27-24(28)35-13-21(29)26-18-10-16(25)19(32-2)11-20(18)33-3/h4-11H,12-13H2,1-3H3,(H,26,29). The molecule has 0 saturated carbocycles. The van der Waals surface area contributed by atoms with E-state index in [2.05, 4.69) is 10.3 Å². The van der Waals surface area contributed by atoms with Crippen molar-refractivity contribution in [3.8, 4) is 17.2 Å². The first-order valence-electron chi connectivity index (χ1n) is 10.4. The van der Waals surface area contributed by atoms with Gasteiger partial charge < -0.3 is 19.5 Å². The molecule has 4 rings (SSSR count). The highest BCUT2D eigenvalue weighted by Gasteiger charge is 2.17. The minimum Gasteiger partial charge on any atom is -0.497 e. The van der Waals surface area contributed by atoms with Crippen LogP contribution in [0, 0.1) is 0 Å². The molecular formula is C24H22ClN3O5S2. The summed E-state index contributed by atoms with van der Waals surface area (Å²) in [7, 11) is 4.59. The Morgan fingerprint density at radius 2 is 1.83 bits per heavy atom. The number of aromatic nitrogens is 2. The molecular weight excluding hydrogens is 510 g/mol. The predicted octanol–water partition coefficient (Wildman–Crippen LogP) is 4.92. The highest BCUT2D eigenvalue weighted by atomic mass is 35.5. The van der Waals surface area contributed by atoms with E-state index >= 15 is 0 Å². The second-order valence-electron chi connectivity index (χ2n) is 7.29. The zero-order chi connectivity index (χ0) is 24.9. The van der Waals surface area contributed by atoms with Crippen molar-refractivity contribution in [3.63, 3.8) is 0 Å². The minimum atomic E-state index is -0.301. The van der Waals surface area contributed by atoms with Crippen LogP contribution in [0.3, 0.4) is 0 Å². The van der Waals surface area contributed by atoms with E-state index in [9.17, 15) is 9.59 Å². The van der Waals surface area contributed by atoms with Gasteiger partial charge in [0.1, 0.15) is 21.9 Å². The van der Waals surface area contributed by atoms with Crippen molar-refractivity contribution in [2.24, 2.45) is 0 Å². The number of carbonyl (C=O) groups is 1. The smallest absolute Gasteiger partial charge is 0.272 e. The molecule has 0 aliphatic rings. The lowest BCUT2D eigenvalue weighted by Crippen LogP contribution is -2.24. The molecule has 0 spiro atoms. The Morgan fingerprint density at radius 1 is 1.09 bits per heavy atom. The summed E-state index contributed by atoms with van der Waals surface area (Å²) in [6, 6.07) is 12.4. The van der Waals surface area contributed by atoms with Gasteiger partial charge in [-0.2, -0.15) is 0 Å². The molecule has 1 amide bonds. The van der Waals surface area contributed by atoms with Crippen LogP contribution in [0.5, 0.6) is 17.2 Å². The number of fused-ring (bicyclic) bond motifs is 1. The summed E-state index contributed by atoms with van der Waals surface area (Å²) in [5.74, 6) is 1.31. The van der Waals surface area contributed by atoms with Gasteiger partial charge in [0, 0.05) is 6.07 Å². The van der Waals surface area contributed by atoms with Gasteiger partial charge in [-0.15, -0.1) is 11.3 Å². The lowest BCUT2D eigenvalue weighted by Gasteiger charge is -2.14. The predicted molar refractivity (Wildman–Crippen MR) is 140 cm³/mol. The van der Waals surface area contributed by atoms with E-state index in [4.69, 9.17) is 25.8 Å². The Morgan fingerprint density at radius 3 is 2.51 bits per heavy atom. The van der Waals surface area contributed by atoms with E-state index in [0.29, 0.717) is 44.1 Å². The molecule has 0 unspecified atom stereocenters. The van der Waals surface area contributed by atoms with Crippen molar-refractivity contribution in [2.45, 2.75) is 11.7 Å². The molecule has 0 aliphatic carbocycles. The number of anilines is 1. The Bertz CT molecular complexity index is 1420. The van der Waals surface area contributed by atoms with Gasteiger partial charge >= 0.3 is 0 Å². The quantitative estimate of drug-likeness (QED) is 0.242. The number of thiophene rings is 1. The number of methoxy groups -OCH3 is 3. The van der Waals surface area contributed by atoms with Gasteiger partial charge in [0.15, 0.2) is 5.16 Å². The molecule has 0 atom stereocenters. The number of hydrogen-bond donors (Lipinski definition) is 1. The van der Waals surface area contributed by atoms with Gasteiger partial charge in [-0.05, 0) is 35.2 Å². The van der Waals surface area contributed by atoms with Crippen LogP contribution in [-0.4, -0.2) is 42.5 Å². The first-order chi connectivity index (χ1) is 16.9. The van der Waals surface area contributed by atoms with Crippen LogP contribution in [0.15, 0.2) is 57.8 Å². The number of amides is 1. The lowest BCUT2D eigenvalue weighted by molar-refractivity contribution is -0.113. The molecule has 0 bridgehead atoms. The van der Waals surface area contributed by atoms with Crippen LogP contribution >= 0.6 is 34.7 Å². The van der Waals surface area contributed by atoms with Crippen LogP contribution in [0.1, 0.15) is 5.56 Å². The molecule has 11 heteroatoms. The summed E-state index contributed by atoms with van der Waals surface area (Å²) in [6.45, 7) is 0.315. The first kappa shape index (κ1) is 24.9. The molecule has 35 heavy (non-hydrogen) atoms. The largest absolute Gasteiger partial charge is 0.497 e. The zero-order valence-electron chi connectivity index (χ0n) is 19.2. The van der Waals surface area contributed by atoms with Crippen molar-refractivity contribution in [1.82, 2.24) is 9.55 Å². The normalized spacial score (nSPS) is 10.9. The molecule has 2 aromatic carbocycles. The maximum Gasteiger partial charge on any atom is 0.272 e. The van der Waals surface area contributed by atoms with Gasteiger partial charge in [-0.3, -0.25) is 14.2 Å². The number of thioether (sulfide) groups is 1. The summed E-state index contributed by atoms with van der Waals surface area (Å²) in [6.07, 6.45) is 0. The third kappa shape index (κ3) is 5.55. The average Bonchev–Trinajstić information content (AvgIpc) is 3.34. The van der Waals surface area contributed by atoms with Crippen molar-refractivity contribution < 1.29 is 19.0 Å². The van der Waals surface area contributed by atoms with Gasteiger partial charge in [0.25, 0.3) is 5.56 Å². The summed E-state index contributed by atoms with van der Waals surface area (Å²) in [4.78, 5) is 30.6. The minimum absolute atomic E-state index is 0.0253. The van der Waals surface area contributed by atoms with E-state index in [-0.39, 0.29) is 17.2 Å². The van der Waals surface area contributed by atoms with Gasteiger partial charge in [0.05, 0.1) is 49.9 Å².